The predicted octanol–water partition coefficient (Wildman–Crippen LogP) is 2.58. The van der Waals surface area contributed by atoms with E-state index in [0.29, 0.717) is 6.54 Å². The van der Waals surface area contributed by atoms with Crippen LogP contribution >= 0.6 is 0 Å². The number of hydrogen-bond acceptors (Lipinski definition) is 5. The van der Waals surface area contributed by atoms with E-state index in [0.717, 1.165) is 62.3 Å². The van der Waals surface area contributed by atoms with E-state index in [4.69, 9.17) is 0 Å². The van der Waals surface area contributed by atoms with E-state index in [-0.39, 0.29) is 0 Å². The van der Waals surface area contributed by atoms with Crippen LogP contribution in [0, 0.1) is 0 Å². The van der Waals surface area contributed by atoms with Crippen molar-refractivity contribution in [1.29, 1.82) is 0 Å². The zero-order valence-electron chi connectivity index (χ0n) is 12.6. The van der Waals surface area contributed by atoms with Crippen molar-refractivity contribution in [2.75, 3.05) is 23.7 Å². The topological polar surface area (TPSA) is 70.1 Å². The van der Waals surface area contributed by atoms with Crippen LogP contribution in [0.3, 0.4) is 0 Å². The van der Waals surface area contributed by atoms with Crippen LogP contribution in [0.15, 0.2) is 6.33 Å². The predicted molar refractivity (Wildman–Crippen MR) is 82.1 cm³/mol. The van der Waals surface area contributed by atoms with Crippen molar-refractivity contribution < 1.29 is 5.11 Å². The van der Waals surface area contributed by atoms with Gasteiger partial charge in [0.1, 0.15) is 18.0 Å². The summed E-state index contributed by atoms with van der Waals surface area (Å²) in [5.41, 5.74) is 0.537. The van der Waals surface area contributed by atoms with Gasteiger partial charge in [-0.15, -0.1) is 0 Å². The molecular formula is C15H26N4O. The summed E-state index contributed by atoms with van der Waals surface area (Å²) in [5, 5.41) is 17.1. The summed E-state index contributed by atoms with van der Waals surface area (Å²) in [6, 6.07) is 0. The van der Waals surface area contributed by atoms with Crippen molar-refractivity contribution in [3.8, 4) is 0 Å². The Bertz CT molecular complexity index is 430. The second-order valence-electron chi connectivity index (χ2n) is 5.61. The normalized spacial score (nSPS) is 17.1. The Hall–Kier alpha value is -1.36. The fourth-order valence-electron chi connectivity index (χ4n) is 2.75. The van der Waals surface area contributed by atoms with Crippen LogP contribution in [-0.4, -0.2) is 33.8 Å². The van der Waals surface area contributed by atoms with Gasteiger partial charge in [-0.25, -0.2) is 9.97 Å². The first-order valence-corrected chi connectivity index (χ1v) is 7.72. The van der Waals surface area contributed by atoms with E-state index in [1.807, 2.05) is 0 Å². The standard InChI is InChI=1S/C15H26N4O/c1-3-9-16-13-12(4-2)14(19-11-18-13)17-10-15(20)7-5-6-8-15/h11,20H,3-10H2,1-2H3,(H2,16,17,18,19). The van der Waals surface area contributed by atoms with Crippen LogP contribution in [0.5, 0.6) is 0 Å². The lowest BCUT2D eigenvalue weighted by Crippen LogP contribution is -2.34. The van der Waals surface area contributed by atoms with Crippen LogP contribution < -0.4 is 10.6 Å². The van der Waals surface area contributed by atoms with E-state index < -0.39 is 5.60 Å². The lowest BCUT2D eigenvalue weighted by atomic mass is 10.0. The van der Waals surface area contributed by atoms with Crippen molar-refractivity contribution in [3.05, 3.63) is 11.9 Å². The fourth-order valence-corrected chi connectivity index (χ4v) is 2.75. The van der Waals surface area contributed by atoms with Gasteiger partial charge in [-0.1, -0.05) is 26.7 Å². The molecule has 20 heavy (non-hydrogen) atoms. The van der Waals surface area contributed by atoms with E-state index in [9.17, 15) is 5.11 Å². The third-order valence-corrected chi connectivity index (χ3v) is 3.96. The molecule has 0 unspecified atom stereocenters. The first kappa shape index (κ1) is 15.0. The molecule has 0 spiro atoms. The Morgan fingerprint density at radius 2 is 1.80 bits per heavy atom. The molecule has 5 heteroatoms. The zero-order chi connectivity index (χ0) is 14.4. The first-order chi connectivity index (χ1) is 9.68. The summed E-state index contributed by atoms with van der Waals surface area (Å²) >= 11 is 0. The summed E-state index contributed by atoms with van der Waals surface area (Å²) in [5.74, 6) is 1.76. The summed E-state index contributed by atoms with van der Waals surface area (Å²) < 4.78 is 0. The molecule has 1 fully saturated rings. The number of hydrogen-bond donors (Lipinski definition) is 3. The van der Waals surface area contributed by atoms with E-state index in [2.05, 4.69) is 34.4 Å². The van der Waals surface area contributed by atoms with Crippen LogP contribution in [0.25, 0.3) is 0 Å². The molecular weight excluding hydrogens is 252 g/mol. The molecule has 0 aromatic carbocycles. The number of anilines is 2. The summed E-state index contributed by atoms with van der Waals surface area (Å²) in [6.07, 6.45) is 7.51. The Morgan fingerprint density at radius 1 is 1.15 bits per heavy atom. The Kier molecular flexibility index (Phi) is 5.17. The SMILES string of the molecule is CCCNc1ncnc(NCC2(O)CCCC2)c1CC. The molecule has 0 bridgehead atoms. The summed E-state index contributed by atoms with van der Waals surface area (Å²) in [6.45, 7) is 5.72. The molecule has 1 saturated carbocycles. The van der Waals surface area contributed by atoms with Crippen molar-refractivity contribution in [1.82, 2.24) is 9.97 Å². The highest BCUT2D eigenvalue weighted by atomic mass is 16.3. The maximum Gasteiger partial charge on any atom is 0.134 e. The highest BCUT2D eigenvalue weighted by molar-refractivity contribution is 5.57. The van der Waals surface area contributed by atoms with E-state index in [1.165, 1.54) is 0 Å². The van der Waals surface area contributed by atoms with E-state index in [1.54, 1.807) is 6.33 Å². The number of nitrogens with one attached hydrogen (secondary N) is 2. The van der Waals surface area contributed by atoms with Crippen molar-refractivity contribution in [2.24, 2.45) is 0 Å². The minimum Gasteiger partial charge on any atom is -0.388 e. The van der Waals surface area contributed by atoms with Crippen LogP contribution in [0.1, 0.15) is 51.5 Å². The van der Waals surface area contributed by atoms with Gasteiger partial charge in [0, 0.05) is 18.7 Å². The Balaban J connectivity index is 2.06. The lowest BCUT2D eigenvalue weighted by Gasteiger charge is -2.23. The average molecular weight is 278 g/mol. The molecule has 0 amide bonds. The molecule has 2 rings (SSSR count). The molecule has 0 aliphatic heterocycles. The number of aliphatic hydroxyl groups is 1. The fraction of sp³-hybridized carbons (Fsp3) is 0.733. The number of aromatic nitrogens is 2. The quantitative estimate of drug-likeness (QED) is 0.715. The van der Waals surface area contributed by atoms with Crippen LogP contribution in [0.4, 0.5) is 11.6 Å². The Labute approximate surface area is 121 Å². The first-order valence-electron chi connectivity index (χ1n) is 7.72. The molecule has 5 nitrogen and oxygen atoms in total. The van der Waals surface area contributed by atoms with Gasteiger partial charge in [0.25, 0.3) is 0 Å². The minimum atomic E-state index is -0.563. The second-order valence-corrected chi connectivity index (χ2v) is 5.61. The van der Waals surface area contributed by atoms with Gasteiger partial charge in [-0.2, -0.15) is 0 Å². The Morgan fingerprint density at radius 3 is 2.40 bits per heavy atom. The van der Waals surface area contributed by atoms with Gasteiger partial charge >= 0.3 is 0 Å². The van der Waals surface area contributed by atoms with Gasteiger partial charge in [-0.05, 0) is 25.7 Å². The maximum atomic E-state index is 10.4. The molecule has 112 valence electrons. The van der Waals surface area contributed by atoms with Gasteiger partial charge in [-0.3, -0.25) is 0 Å². The highest BCUT2D eigenvalue weighted by Crippen LogP contribution is 2.30. The summed E-state index contributed by atoms with van der Waals surface area (Å²) in [4.78, 5) is 8.66. The van der Waals surface area contributed by atoms with Crippen LogP contribution in [-0.2, 0) is 6.42 Å². The smallest absolute Gasteiger partial charge is 0.134 e. The van der Waals surface area contributed by atoms with Gasteiger partial charge in [0.15, 0.2) is 0 Å². The number of nitrogens with zero attached hydrogens (tertiary/aromatic N) is 2. The zero-order valence-corrected chi connectivity index (χ0v) is 12.6. The molecule has 0 atom stereocenters. The number of rotatable bonds is 7. The maximum absolute atomic E-state index is 10.4. The molecule has 0 saturated heterocycles. The minimum absolute atomic E-state index is 0.563. The monoisotopic (exact) mass is 278 g/mol. The van der Waals surface area contributed by atoms with Crippen molar-refractivity contribution in [3.63, 3.8) is 0 Å². The van der Waals surface area contributed by atoms with Crippen LogP contribution in [0.2, 0.25) is 0 Å². The highest BCUT2D eigenvalue weighted by Gasteiger charge is 2.31. The second kappa shape index (κ2) is 6.88. The van der Waals surface area contributed by atoms with Gasteiger partial charge in [0.05, 0.1) is 5.60 Å². The molecule has 1 heterocycles. The van der Waals surface area contributed by atoms with Crippen molar-refractivity contribution in [2.45, 2.75) is 58.0 Å². The molecule has 1 aliphatic carbocycles. The molecule has 0 radical (unpaired) electrons. The van der Waals surface area contributed by atoms with Crippen molar-refractivity contribution >= 4 is 11.6 Å². The molecule has 1 aromatic heterocycles. The molecule has 1 aromatic rings. The van der Waals surface area contributed by atoms with Gasteiger partial charge in [0.2, 0.25) is 0 Å². The average Bonchev–Trinajstić information content (AvgIpc) is 2.90. The third kappa shape index (κ3) is 3.60. The molecule has 1 aliphatic rings. The lowest BCUT2D eigenvalue weighted by molar-refractivity contribution is 0.0614. The largest absolute Gasteiger partial charge is 0.388 e. The van der Waals surface area contributed by atoms with Gasteiger partial charge < -0.3 is 15.7 Å². The third-order valence-electron chi connectivity index (χ3n) is 3.96. The molecule has 3 N–H and O–H groups in total. The van der Waals surface area contributed by atoms with E-state index >= 15 is 0 Å². The summed E-state index contributed by atoms with van der Waals surface area (Å²) in [7, 11) is 0.